The number of carbonyl (C=O) groups excluding carboxylic acids is 5. The first-order valence-corrected chi connectivity index (χ1v) is 24.4. The van der Waals surface area contributed by atoms with E-state index in [1.165, 1.54) is 32.7 Å². The number of nitrogens with zero attached hydrogens (tertiary/aromatic N) is 5. The van der Waals surface area contributed by atoms with Crippen molar-refractivity contribution < 1.29 is 33.8 Å². The standard InChI is InChI=1S/C54H69N7O7/c1-9-47(63)59-21-18-39(31-59)51(65)58(8)48(33(3)4)50(64)55-29-41-23-34-22-40(26-42(62)24-34)35-15-16-46-43(27-35)44(28-54(5,6)32-68-53(67)45-12-11-19-61(56-45)52(41)66)49(60(46)10-2)37-13-14-38-30-57(7)20-17-36(38)25-37/h9,13-16,22,24-27,33,39,41,45,48,56,62H,1,10-12,17-21,23,28-32H2,2-8H3,(H,55,64)/t39-,41+,45-,48-/m0/s1. The number of hydrazine groups is 1. The number of likely N-dealkylation sites (tertiary alicyclic amines) is 1. The zero-order valence-electron chi connectivity index (χ0n) is 40.9. The Morgan fingerprint density at radius 1 is 1.00 bits per heavy atom. The van der Waals surface area contributed by atoms with Crippen LogP contribution in [0, 0.1) is 23.2 Å². The van der Waals surface area contributed by atoms with Gasteiger partial charge in [0.25, 0.3) is 0 Å². The molecule has 5 heterocycles. The molecule has 3 N–H and O–H groups in total. The maximum Gasteiger partial charge on any atom is 0.324 e. The van der Waals surface area contributed by atoms with E-state index in [1.807, 2.05) is 19.9 Å². The predicted molar refractivity (Wildman–Crippen MR) is 263 cm³/mol. The predicted octanol–water partition coefficient (Wildman–Crippen LogP) is 6.10. The number of carbonyl (C=O) groups is 5. The van der Waals surface area contributed by atoms with Crippen LogP contribution in [0.5, 0.6) is 5.75 Å². The molecule has 68 heavy (non-hydrogen) atoms. The number of aromatic nitrogens is 1. The maximum absolute atomic E-state index is 14.7. The summed E-state index contributed by atoms with van der Waals surface area (Å²) in [4.78, 5) is 74.3. The third-order valence-corrected chi connectivity index (χ3v) is 14.5. The molecule has 2 saturated heterocycles. The van der Waals surface area contributed by atoms with E-state index in [1.54, 1.807) is 24.1 Å². The second-order valence-electron chi connectivity index (χ2n) is 20.7. The number of aromatic hydroxyl groups is 1. The normalized spacial score (nSPS) is 21.5. The number of nitrogens with one attached hydrogen (secondary N) is 2. The van der Waals surface area contributed by atoms with Crippen LogP contribution in [0.1, 0.15) is 76.1 Å². The molecule has 362 valence electrons. The van der Waals surface area contributed by atoms with Crippen LogP contribution in [0.25, 0.3) is 33.3 Å². The molecule has 14 nitrogen and oxygen atoms in total. The van der Waals surface area contributed by atoms with E-state index in [2.05, 4.69) is 91.0 Å². The van der Waals surface area contributed by atoms with Crippen molar-refractivity contribution in [3.63, 3.8) is 0 Å². The molecule has 4 amide bonds. The monoisotopic (exact) mass is 928 g/mol. The molecule has 0 spiro atoms. The van der Waals surface area contributed by atoms with Gasteiger partial charge in [0.15, 0.2) is 0 Å². The Morgan fingerprint density at radius 2 is 1.78 bits per heavy atom. The number of esters is 1. The highest BCUT2D eigenvalue weighted by Crippen LogP contribution is 2.41. The number of fused-ring (bicyclic) bond motifs is 7. The van der Waals surface area contributed by atoms with E-state index in [4.69, 9.17) is 4.74 Å². The Hall–Kier alpha value is -5.99. The summed E-state index contributed by atoms with van der Waals surface area (Å²) >= 11 is 0. The number of benzene rings is 3. The number of hydrogen-bond acceptors (Lipinski definition) is 9. The van der Waals surface area contributed by atoms with Crippen molar-refractivity contribution in [1.82, 2.24) is 35.0 Å². The van der Waals surface area contributed by atoms with Gasteiger partial charge in [-0.1, -0.05) is 58.5 Å². The van der Waals surface area contributed by atoms with E-state index in [-0.39, 0.29) is 55.5 Å². The highest BCUT2D eigenvalue weighted by atomic mass is 16.5. The average Bonchev–Trinajstić information content (AvgIpc) is 3.93. The van der Waals surface area contributed by atoms with E-state index in [0.717, 1.165) is 59.3 Å². The fraction of sp³-hybridized carbons (Fsp3) is 0.500. The van der Waals surface area contributed by atoms with Crippen LogP contribution in [0.2, 0.25) is 0 Å². The molecule has 8 rings (SSSR count). The van der Waals surface area contributed by atoms with Crippen LogP contribution < -0.4 is 10.7 Å². The SMILES string of the molecule is C=CC(=O)N1CC[C@H](C(=O)N(C)[C@H](C(=O)NC[C@H]2Cc3cc(O)cc(c3)-c3ccc4c(c3)c(c(-c3ccc5c(c3)CCN(C)C5)n4CC)CC(C)(C)COC(=O)[C@@H]3CCCN(N3)C2=O)C(C)C)C1. The molecule has 4 atom stereocenters. The van der Waals surface area contributed by atoms with Gasteiger partial charge in [0, 0.05) is 69.2 Å². The smallest absolute Gasteiger partial charge is 0.324 e. The molecule has 4 aromatic rings. The molecular weight excluding hydrogens is 859 g/mol. The molecule has 4 aliphatic rings. The number of amides is 4. The number of aryl methyl sites for hydroxylation is 1. The summed E-state index contributed by atoms with van der Waals surface area (Å²) in [6, 6.07) is 17.1. The van der Waals surface area contributed by atoms with Crippen molar-refractivity contribution in [2.75, 3.05) is 53.4 Å². The fourth-order valence-corrected chi connectivity index (χ4v) is 11.0. The summed E-state index contributed by atoms with van der Waals surface area (Å²) in [5.74, 6) is -3.09. The van der Waals surface area contributed by atoms with Crippen LogP contribution >= 0.6 is 0 Å². The quantitative estimate of drug-likeness (QED) is 0.133. The summed E-state index contributed by atoms with van der Waals surface area (Å²) in [6.45, 7) is 17.5. The van der Waals surface area contributed by atoms with Crippen LogP contribution in [-0.4, -0.2) is 124 Å². The summed E-state index contributed by atoms with van der Waals surface area (Å²) in [7, 11) is 3.77. The molecule has 6 bridgehead atoms. The molecule has 2 fully saturated rings. The Kier molecular flexibility index (Phi) is 14.2. The number of hydrogen-bond donors (Lipinski definition) is 3. The van der Waals surface area contributed by atoms with Crippen LogP contribution in [0.4, 0.5) is 0 Å². The van der Waals surface area contributed by atoms with Crippen molar-refractivity contribution in [2.24, 2.45) is 23.2 Å². The lowest BCUT2D eigenvalue weighted by Gasteiger charge is -2.36. The largest absolute Gasteiger partial charge is 0.508 e. The number of cyclic esters (lactones) is 1. The van der Waals surface area contributed by atoms with E-state index in [0.29, 0.717) is 44.3 Å². The summed E-state index contributed by atoms with van der Waals surface area (Å²) in [6.07, 6.45) is 4.55. The third-order valence-electron chi connectivity index (χ3n) is 14.5. The first-order chi connectivity index (χ1) is 32.4. The van der Waals surface area contributed by atoms with Crippen LogP contribution in [0.15, 0.2) is 67.3 Å². The Labute approximate surface area is 400 Å². The van der Waals surface area contributed by atoms with Crippen LogP contribution in [0.3, 0.4) is 0 Å². The Morgan fingerprint density at radius 3 is 2.53 bits per heavy atom. The minimum absolute atomic E-state index is 0.0503. The van der Waals surface area contributed by atoms with Gasteiger partial charge in [0.1, 0.15) is 17.8 Å². The summed E-state index contributed by atoms with van der Waals surface area (Å²) in [5.41, 5.74) is 12.4. The topological polar surface area (TPSA) is 157 Å². The van der Waals surface area contributed by atoms with Gasteiger partial charge in [0.05, 0.1) is 24.1 Å². The molecule has 0 aliphatic carbocycles. The van der Waals surface area contributed by atoms with Gasteiger partial charge in [-0.15, -0.1) is 0 Å². The lowest BCUT2D eigenvalue weighted by Crippen LogP contribution is -2.58. The first-order valence-electron chi connectivity index (χ1n) is 24.4. The molecule has 1 aromatic heterocycles. The molecule has 14 heteroatoms. The number of likely N-dealkylation sites (N-methyl/N-ethyl adjacent to an activating group) is 2. The van der Waals surface area contributed by atoms with Gasteiger partial charge < -0.3 is 34.4 Å². The number of phenols is 1. The minimum atomic E-state index is -0.845. The third kappa shape index (κ3) is 10.1. The highest BCUT2D eigenvalue weighted by molar-refractivity contribution is 5.95. The van der Waals surface area contributed by atoms with Crippen molar-refractivity contribution in [2.45, 2.75) is 98.3 Å². The summed E-state index contributed by atoms with van der Waals surface area (Å²) < 4.78 is 8.54. The number of ether oxygens (including phenoxy) is 1. The second-order valence-corrected chi connectivity index (χ2v) is 20.7. The fourth-order valence-electron chi connectivity index (χ4n) is 11.0. The zero-order valence-corrected chi connectivity index (χ0v) is 40.9. The Bertz CT molecular complexity index is 2620. The van der Waals surface area contributed by atoms with E-state index >= 15 is 0 Å². The summed E-state index contributed by atoms with van der Waals surface area (Å²) in [5, 5.41) is 16.9. The van der Waals surface area contributed by atoms with Gasteiger partial charge in [-0.2, -0.15) is 0 Å². The van der Waals surface area contributed by atoms with Gasteiger partial charge in [-0.05, 0) is 134 Å². The van der Waals surface area contributed by atoms with E-state index in [9.17, 15) is 29.1 Å². The zero-order chi connectivity index (χ0) is 48.6. The molecule has 0 radical (unpaired) electrons. The molecule has 3 aromatic carbocycles. The molecule has 4 aliphatic heterocycles. The van der Waals surface area contributed by atoms with Gasteiger partial charge >= 0.3 is 5.97 Å². The molecular formula is C54H69N7O7. The van der Waals surface area contributed by atoms with Crippen LogP contribution in [-0.2, 0) is 61.1 Å². The molecule has 0 saturated carbocycles. The second kappa shape index (κ2) is 19.9. The van der Waals surface area contributed by atoms with Crippen molar-refractivity contribution in [3.05, 3.63) is 89.5 Å². The Balaban J connectivity index is 1.15. The van der Waals surface area contributed by atoms with Crippen molar-refractivity contribution >= 4 is 40.5 Å². The highest BCUT2D eigenvalue weighted by Gasteiger charge is 2.39. The minimum Gasteiger partial charge on any atom is -0.508 e. The van der Waals surface area contributed by atoms with Gasteiger partial charge in [-0.25, -0.2) is 5.43 Å². The van der Waals surface area contributed by atoms with Gasteiger partial charge in [-0.3, -0.25) is 29.0 Å². The molecule has 0 unspecified atom stereocenters. The number of phenolic OH excluding ortho intramolecular Hbond substituents is 1. The lowest BCUT2D eigenvalue weighted by atomic mass is 9.84. The maximum atomic E-state index is 14.7. The van der Waals surface area contributed by atoms with Crippen molar-refractivity contribution in [1.29, 1.82) is 0 Å². The van der Waals surface area contributed by atoms with E-state index < -0.39 is 41.2 Å². The number of rotatable bonds is 9. The van der Waals surface area contributed by atoms with Gasteiger partial charge in [0.2, 0.25) is 23.6 Å². The lowest BCUT2D eigenvalue weighted by molar-refractivity contribution is -0.155. The average molecular weight is 928 g/mol. The van der Waals surface area contributed by atoms with Crippen molar-refractivity contribution in [3.8, 4) is 28.1 Å². The first kappa shape index (κ1) is 48.5.